The molecule has 6 heteroatoms. The van der Waals surface area contributed by atoms with Crippen molar-refractivity contribution in [2.24, 2.45) is 17.8 Å². The number of aryl methyl sites for hydroxylation is 1. The number of carbonyl (C=O) groups excluding carboxylic acids is 1. The summed E-state index contributed by atoms with van der Waals surface area (Å²) in [7, 11) is 2.01. The third-order valence-corrected chi connectivity index (χ3v) is 7.76. The molecule has 174 valence electrons. The van der Waals surface area contributed by atoms with Gasteiger partial charge in [0.2, 0.25) is 5.91 Å². The second kappa shape index (κ2) is 11.0. The Morgan fingerprint density at radius 3 is 2.45 bits per heavy atom. The summed E-state index contributed by atoms with van der Waals surface area (Å²) in [6, 6.07) is 0.226. The van der Waals surface area contributed by atoms with E-state index < -0.39 is 0 Å². The SMILES string of the molecule is CCc1nc(Cl)c(CC)c(N2CCC(N(C)C(=O)C(CC3CCCCC3)C(C)C)C2)n1. The summed E-state index contributed by atoms with van der Waals surface area (Å²) in [5, 5.41) is 0.574. The first-order valence-corrected chi connectivity index (χ1v) is 12.8. The molecule has 0 N–H and O–H groups in total. The lowest BCUT2D eigenvalue weighted by atomic mass is 9.78. The molecule has 1 saturated carbocycles. The molecule has 5 nitrogen and oxygen atoms in total. The first-order valence-electron chi connectivity index (χ1n) is 12.4. The lowest BCUT2D eigenvalue weighted by Gasteiger charge is -2.33. The minimum Gasteiger partial charge on any atom is -0.354 e. The van der Waals surface area contributed by atoms with Gasteiger partial charge in [0.05, 0.1) is 6.04 Å². The molecule has 1 amide bonds. The number of carbonyl (C=O) groups is 1. The Morgan fingerprint density at radius 2 is 1.84 bits per heavy atom. The van der Waals surface area contributed by atoms with E-state index in [4.69, 9.17) is 16.6 Å². The number of rotatable bonds is 8. The van der Waals surface area contributed by atoms with Crippen molar-refractivity contribution in [3.63, 3.8) is 0 Å². The zero-order valence-electron chi connectivity index (χ0n) is 20.2. The summed E-state index contributed by atoms with van der Waals surface area (Å²) in [6.45, 7) is 10.3. The van der Waals surface area contributed by atoms with Crippen molar-refractivity contribution in [3.05, 3.63) is 16.5 Å². The third-order valence-electron chi connectivity index (χ3n) is 7.44. The predicted octanol–water partition coefficient (Wildman–Crippen LogP) is 5.53. The van der Waals surface area contributed by atoms with Gasteiger partial charge in [-0.15, -0.1) is 0 Å². The van der Waals surface area contributed by atoms with Gasteiger partial charge in [-0.2, -0.15) is 0 Å². The van der Waals surface area contributed by atoms with Crippen LogP contribution < -0.4 is 4.90 Å². The molecule has 1 aromatic rings. The normalized spacial score (nSPS) is 21.0. The maximum absolute atomic E-state index is 13.5. The fourth-order valence-electron chi connectivity index (χ4n) is 5.34. The minimum absolute atomic E-state index is 0.133. The molecule has 1 saturated heterocycles. The number of halogens is 1. The second-order valence-corrected chi connectivity index (χ2v) is 10.2. The van der Waals surface area contributed by atoms with Crippen LogP contribution in [0.15, 0.2) is 0 Å². The average Bonchev–Trinajstić information content (AvgIpc) is 3.26. The maximum Gasteiger partial charge on any atom is 0.226 e. The fourth-order valence-corrected chi connectivity index (χ4v) is 5.66. The Bertz CT molecular complexity index is 747. The van der Waals surface area contributed by atoms with Gasteiger partial charge in [-0.25, -0.2) is 9.97 Å². The largest absolute Gasteiger partial charge is 0.354 e. The van der Waals surface area contributed by atoms with Gasteiger partial charge in [0.1, 0.15) is 16.8 Å². The number of aromatic nitrogens is 2. The van der Waals surface area contributed by atoms with Crippen molar-refractivity contribution in [1.82, 2.24) is 14.9 Å². The van der Waals surface area contributed by atoms with Crippen LogP contribution in [0.1, 0.15) is 84.0 Å². The van der Waals surface area contributed by atoms with E-state index in [1.54, 1.807) is 0 Å². The first-order chi connectivity index (χ1) is 14.8. The Labute approximate surface area is 194 Å². The molecule has 31 heavy (non-hydrogen) atoms. The van der Waals surface area contributed by atoms with Crippen LogP contribution in [-0.4, -0.2) is 47.0 Å². The van der Waals surface area contributed by atoms with E-state index in [1.165, 1.54) is 32.1 Å². The Balaban J connectivity index is 1.70. The van der Waals surface area contributed by atoms with E-state index in [2.05, 4.69) is 37.6 Å². The van der Waals surface area contributed by atoms with Crippen molar-refractivity contribution in [2.75, 3.05) is 25.0 Å². The number of amides is 1. The molecule has 0 spiro atoms. The highest BCUT2D eigenvalue weighted by molar-refractivity contribution is 6.30. The highest BCUT2D eigenvalue weighted by Gasteiger charge is 2.35. The van der Waals surface area contributed by atoms with Crippen LogP contribution in [0, 0.1) is 17.8 Å². The monoisotopic (exact) mass is 448 g/mol. The van der Waals surface area contributed by atoms with Crippen LogP contribution in [0.3, 0.4) is 0 Å². The lowest BCUT2D eigenvalue weighted by Crippen LogP contribution is -2.44. The molecular formula is C25H41ClN4O. The van der Waals surface area contributed by atoms with Gasteiger partial charge in [0, 0.05) is 38.0 Å². The molecule has 0 radical (unpaired) electrons. The zero-order chi connectivity index (χ0) is 22.5. The number of anilines is 1. The van der Waals surface area contributed by atoms with Crippen LogP contribution in [0.5, 0.6) is 0 Å². The molecule has 2 aliphatic rings. The van der Waals surface area contributed by atoms with Crippen LogP contribution in [0.2, 0.25) is 5.15 Å². The zero-order valence-corrected chi connectivity index (χ0v) is 20.9. The van der Waals surface area contributed by atoms with Crippen molar-refractivity contribution in [3.8, 4) is 0 Å². The number of nitrogens with zero attached hydrogens (tertiary/aromatic N) is 4. The van der Waals surface area contributed by atoms with E-state index in [1.807, 2.05) is 11.9 Å². The van der Waals surface area contributed by atoms with Gasteiger partial charge >= 0.3 is 0 Å². The number of hydrogen-bond donors (Lipinski definition) is 0. The molecule has 0 aromatic carbocycles. The van der Waals surface area contributed by atoms with Gasteiger partial charge < -0.3 is 9.80 Å². The molecule has 2 unspecified atom stereocenters. The van der Waals surface area contributed by atoms with Gasteiger partial charge in [0.15, 0.2) is 0 Å². The van der Waals surface area contributed by atoms with Crippen LogP contribution >= 0.6 is 11.6 Å². The second-order valence-electron chi connectivity index (χ2n) is 9.87. The molecular weight excluding hydrogens is 408 g/mol. The fraction of sp³-hybridized carbons (Fsp3) is 0.800. The maximum atomic E-state index is 13.5. The van der Waals surface area contributed by atoms with Crippen LogP contribution in [0.4, 0.5) is 5.82 Å². The van der Waals surface area contributed by atoms with Gasteiger partial charge in [-0.1, -0.05) is 71.4 Å². The molecule has 2 atom stereocenters. The van der Waals surface area contributed by atoms with Gasteiger partial charge in [-0.3, -0.25) is 4.79 Å². The standard InChI is InChI=1S/C25H41ClN4O/c1-6-20-23(26)27-22(7-2)28-24(20)30-14-13-19(16-30)29(5)25(31)21(17(3)4)15-18-11-9-8-10-12-18/h17-19,21H,6-16H2,1-5H3. The first kappa shape index (κ1) is 24.3. The van der Waals surface area contributed by atoms with Gasteiger partial charge in [0.25, 0.3) is 0 Å². The smallest absolute Gasteiger partial charge is 0.226 e. The van der Waals surface area contributed by atoms with Crippen molar-refractivity contribution >= 4 is 23.3 Å². The summed E-state index contributed by atoms with van der Waals surface area (Å²) in [4.78, 5) is 27.1. The molecule has 2 fully saturated rings. The summed E-state index contributed by atoms with van der Waals surface area (Å²) in [6.07, 6.45) is 10.2. The topological polar surface area (TPSA) is 49.3 Å². The van der Waals surface area contributed by atoms with Crippen molar-refractivity contribution in [1.29, 1.82) is 0 Å². The van der Waals surface area contributed by atoms with Crippen molar-refractivity contribution < 1.29 is 4.79 Å². The summed E-state index contributed by atoms with van der Waals surface area (Å²) >= 11 is 6.47. The van der Waals surface area contributed by atoms with E-state index in [-0.39, 0.29) is 12.0 Å². The van der Waals surface area contributed by atoms with E-state index in [0.29, 0.717) is 17.0 Å². The number of hydrogen-bond acceptors (Lipinski definition) is 4. The summed E-state index contributed by atoms with van der Waals surface area (Å²) in [5.41, 5.74) is 1.02. The molecule has 1 aromatic heterocycles. The quantitative estimate of drug-likeness (QED) is 0.490. The molecule has 1 aliphatic heterocycles. The Hall–Kier alpha value is -1.36. The molecule has 3 rings (SSSR count). The Morgan fingerprint density at radius 1 is 1.13 bits per heavy atom. The minimum atomic E-state index is 0.133. The highest BCUT2D eigenvalue weighted by Crippen LogP contribution is 2.34. The van der Waals surface area contributed by atoms with Crippen LogP contribution in [-0.2, 0) is 17.6 Å². The Kier molecular flexibility index (Phi) is 8.60. The van der Waals surface area contributed by atoms with Crippen molar-refractivity contribution in [2.45, 2.75) is 91.5 Å². The molecule has 1 aliphatic carbocycles. The lowest BCUT2D eigenvalue weighted by molar-refractivity contribution is -0.138. The van der Waals surface area contributed by atoms with E-state index in [9.17, 15) is 4.79 Å². The number of likely N-dealkylation sites (N-methyl/N-ethyl adjacent to an activating group) is 1. The average molecular weight is 449 g/mol. The summed E-state index contributed by atoms with van der Waals surface area (Å²) in [5.74, 6) is 3.32. The summed E-state index contributed by atoms with van der Waals surface area (Å²) < 4.78 is 0. The van der Waals surface area contributed by atoms with Crippen LogP contribution in [0.25, 0.3) is 0 Å². The van der Waals surface area contributed by atoms with E-state index >= 15 is 0 Å². The third kappa shape index (κ3) is 5.71. The van der Waals surface area contributed by atoms with Gasteiger partial charge in [-0.05, 0) is 31.1 Å². The molecule has 2 heterocycles. The van der Waals surface area contributed by atoms with E-state index in [0.717, 1.165) is 61.9 Å². The highest BCUT2D eigenvalue weighted by atomic mass is 35.5. The predicted molar refractivity (Wildman–Crippen MR) is 129 cm³/mol. The molecule has 0 bridgehead atoms.